The summed E-state index contributed by atoms with van der Waals surface area (Å²) in [6.07, 6.45) is 0. The third-order valence-corrected chi connectivity index (χ3v) is 6.13. The molecule has 174 valence electrons. The van der Waals surface area contributed by atoms with Gasteiger partial charge in [-0.1, -0.05) is 5.16 Å². The van der Waals surface area contributed by atoms with Gasteiger partial charge in [-0.05, 0) is 50.2 Å². The molecule has 1 amide bonds. The van der Waals surface area contributed by atoms with Gasteiger partial charge in [0.15, 0.2) is 28.1 Å². The normalized spacial score (nSPS) is 12.0. The van der Waals surface area contributed by atoms with Gasteiger partial charge in [0.05, 0.1) is 24.1 Å². The molecule has 2 aromatic carbocycles. The Bertz CT molecular complexity index is 1340. The van der Waals surface area contributed by atoms with Crippen LogP contribution in [0.25, 0.3) is 11.3 Å². The van der Waals surface area contributed by atoms with Gasteiger partial charge in [-0.2, -0.15) is 0 Å². The molecular formula is C24H21N3O6S. The molecule has 0 fully saturated rings. The maximum absolute atomic E-state index is 12.8. The van der Waals surface area contributed by atoms with E-state index in [-0.39, 0.29) is 19.3 Å². The van der Waals surface area contributed by atoms with Crippen molar-refractivity contribution in [2.24, 2.45) is 0 Å². The second kappa shape index (κ2) is 9.06. The molecule has 3 heterocycles. The number of aromatic nitrogens is 2. The summed E-state index contributed by atoms with van der Waals surface area (Å²) in [6, 6.07) is 10.6. The molecule has 34 heavy (non-hydrogen) atoms. The summed E-state index contributed by atoms with van der Waals surface area (Å²) < 4.78 is 27.3. The van der Waals surface area contributed by atoms with E-state index in [1.807, 2.05) is 37.4 Å². The SMILES string of the molecule is COc1cc(C(=O)Nc2nc(-c3ccc4c(c3)OCO4)cs2)ccc1OCc1c(C)noc1C. The second-order valence-electron chi connectivity index (χ2n) is 7.52. The number of carbonyl (C=O) groups excluding carboxylic acids is 1. The van der Waals surface area contributed by atoms with Crippen molar-refractivity contribution in [2.45, 2.75) is 20.5 Å². The standard InChI is InChI=1S/C24H21N3O6S/c1-13-17(14(2)33-27-13)10-30-19-7-5-16(9-21(19)29-3)23(28)26-24-25-18(11-34-24)15-4-6-20-22(8-15)32-12-31-20/h4-9,11H,10,12H2,1-3H3,(H,25,26,28). The van der Waals surface area contributed by atoms with E-state index >= 15 is 0 Å². The van der Waals surface area contributed by atoms with Gasteiger partial charge in [0.25, 0.3) is 5.91 Å². The number of benzene rings is 2. The Balaban J connectivity index is 1.27. The molecule has 0 spiro atoms. The Morgan fingerprint density at radius 1 is 1.12 bits per heavy atom. The van der Waals surface area contributed by atoms with Gasteiger partial charge in [-0.3, -0.25) is 10.1 Å². The van der Waals surface area contributed by atoms with Crippen molar-refractivity contribution in [3.05, 3.63) is 64.4 Å². The molecule has 9 nitrogen and oxygen atoms in total. The summed E-state index contributed by atoms with van der Waals surface area (Å²) in [7, 11) is 1.53. The van der Waals surface area contributed by atoms with Gasteiger partial charge >= 0.3 is 0 Å². The van der Waals surface area contributed by atoms with Crippen molar-refractivity contribution >= 4 is 22.4 Å². The van der Waals surface area contributed by atoms with Crippen molar-refractivity contribution in [1.29, 1.82) is 0 Å². The first kappa shape index (κ1) is 21.8. The highest BCUT2D eigenvalue weighted by molar-refractivity contribution is 7.14. The number of nitrogens with one attached hydrogen (secondary N) is 1. The van der Waals surface area contributed by atoms with Crippen molar-refractivity contribution < 1.29 is 28.3 Å². The Morgan fingerprint density at radius 3 is 2.76 bits per heavy atom. The number of ether oxygens (including phenoxy) is 4. The monoisotopic (exact) mass is 479 g/mol. The van der Waals surface area contributed by atoms with Gasteiger partial charge < -0.3 is 23.5 Å². The lowest BCUT2D eigenvalue weighted by molar-refractivity contribution is 0.102. The molecule has 4 aromatic rings. The van der Waals surface area contributed by atoms with E-state index in [9.17, 15) is 4.79 Å². The fraction of sp³-hybridized carbons (Fsp3) is 0.208. The van der Waals surface area contributed by atoms with Gasteiger partial charge in [-0.15, -0.1) is 11.3 Å². The lowest BCUT2D eigenvalue weighted by Gasteiger charge is -2.12. The van der Waals surface area contributed by atoms with Crippen molar-refractivity contribution in [2.75, 3.05) is 19.2 Å². The van der Waals surface area contributed by atoms with Crippen LogP contribution in [0.4, 0.5) is 5.13 Å². The topological polar surface area (TPSA) is 105 Å². The number of hydrogen-bond donors (Lipinski definition) is 1. The fourth-order valence-electron chi connectivity index (χ4n) is 3.47. The average Bonchev–Trinajstić information content (AvgIpc) is 3.58. The number of anilines is 1. The predicted octanol–water partition coefficient (Wildman–Crippen LogP) is 4.98. The minimum absolute atomic E-state index is 0.213. The summed E-state index contributed by atoms with van der Waals surface area (Å²) >= 11 is 1.34. The number of aryl methyl sites for hydroxylation is 2. The van der Waals surface area contributed by atoms with Crippen LogP contribution in [0, 0.1) is 13.8 Å². The molecule has 0 unspecified atom stereocenters. The molecule has 0 aliphatic carbocycles. The van der Waals surface area contributed by atoms with Crippen LogP contribution in [0.15, 0.2) is 46.3 Å². The zero-order valence-corrected chi connectivity index (χ0v) is 19.5. The van der Waals surface area contributed by atoms with E-state index in [1.54, 1.807) is 18.2 Å². The number of hydrogen-bond acceptors (Lipinski definition) is 9. The maximum atomic E-state index is 12.8. The largest absolute Gasteiger partial charge is 0.493 e. The zero-order chi connectivity index (χ0) is 23.7. The third-order valence-electron chi connectivity index (χ3n) is 5.37. The van der Waals surface area contributed by atoms with Crippen LogP contribution in [0.3, 0.4) is 0 Å². The fourth-order valence-corrected chi connectivity index (χ4v) is 4.19. The number of amides is 1. The Labute approximate surface area is 199 Å². The second-order valence-corrected chi connectivity index (χ2v) is 8.38. The highest BCUT2D eigenvalue weighted by Gasteiger charge is 2.17. The molecule has 1 N–H and O–H groups in total. The van der Waals surface area contributed by atoms with E-state index in [1.165, 1.54) is 18.4 Å². The minimum Gasteiger partial charge on any atom is -0.493 e. The molecule has 1 aliphatic heterocycles. The van der Waals surface area contributed by atoms with Crippen LogP contribution < -0.4 is 24.3 Å². The number of thiazole rings is 1. The van der Waals surface area contributed by atoms with E-state index in [0.717, 1.165) is 22.5 Å². The van der Waals surface area contributed by atoms with Crippen LogP contribution in [0.1, 0.15) is 27.4 Å². The first-order valence-electron chi connectivity index (χ1n) is 10.4. The summed E-state index contributed by atoms with van der Waals surface area (Å²) in [5.41, 5.74) is 3.69. The van der Waals surface area contributed by atoms with E-state index < -0.39 is 0 Å². The van der Waals surface area contributed by atoms with Crippen molar-refractivity contribution in [1.82, 2.24) is 10.1 Å². The molecule has 10 heteroatoms. The summed E-state index contributed by atoms with van der Waals surface area (Å²) in [5, 5.41) is 9.12. The van der Waals surface area contributed by atoms with Crippen molar-refractivity contribution in [3.63, 3.8) is 0 Å². The number of carbonyl (C=O) groups is 1. The number of methoxy groups -OCH3 is 1. The molecule has 0 bridgehead atoms. The summed E-state index contributed by atoms with van der Waals surface area (Å²) in [5.74, 6) is 2.75. The third kappa shape index (κ3) is 4.27. The number of rotatable bonds is 7. The number of fused-ring (bicyclic) bond motifs is 1. The molecule has 5 rings (SSSR count). The molecule has 1 aliphatic rings. The molecule has 0 atom stereocenters. The first-order valence-corrected chi connectivity index (χ1v) is 11.3. The molecular weight excluding hydrogens is 458 g/mol. The minimum atomic E-state index is -0.304. The Kier molecular flexibility index (Phi) is 5.81. The highest BCUT2D eigenvalue weighted by Crippen LogP contribution is 2.37. The van der Waals surface area contributed by atoms with Crippen LogP contribution >= 0.6 is 11.3 Å². The molecule has 0 saturated carbocycles. The van der Waals surface area contributed by atoms with Crippen LogP contribution in [-0.2, 0) is 6.61 Å². The van der Waals surface area contributed by atoms with Gasteiger partial charge in [0.1, 0.15) is 12.4 Å². The van der Waals surface area contributed by atoms with Crippen LogP contribution in [0.2, 0.25) is 0 Å². The smallest absolute Gasteiger partial charge is 0.257 e. The summed E-state index contributed by atoms with van der Waals surface area (Å²) in [4.78, 5) is 17.4. The van der Waals surface area contributed by atoms with Gasteiger partial charge in [-0.25, -0.2) is 4.98 Å². The first-order chi connectivity index (χ1) is 16.5. The van der Waals surface area contributed by atoms with Crippen molar-refractivity contribution in [3.8, 4) is 34.3 Å². The molecule has 0 saturated heterocycles. The highest BCUT2D eigenvalue weighted by atomic mass is 32.1. The lowest BCUT2D eigenvalue weighted by Crippen LogP contribution is -2.12. The van der Waals surface area contributed by atoms with Crippen LogP contribution in [-0.4, -0.2) is 30.0 Å². The maximum Gasteiger partial charge on any atom is 0.257 e. The van der Waals surface area contributed by atoms with Gasteiger partial charge in [0, 0.05) is 16.5 Å². The Hall–Kier alpha value is -4.05. The van der Waals surface area contributed by atoms with E-state index in [4.69, 9.17) is 23.5 Å². The zero-order valence-electron chi connectivity index (χ0n) is 18.7. The van der Waals surface area contributed by atoms with Gasteiger partial charge in [0.2, 0.25) is 6.79 Å². The Morgan fingerprint density at radius 2 is 1.97 bits per heavy atom. The molecule has 0 radical (unpaired) electrons. The lowest BCUT2D eigenvalue weighted by atomic mass is 10.1. The van der Waals surface area contributed by atoms with Crippen LogP contribution in [0.5, 0.6) is 23.0 Å². The summed E-state index contributed by atoms with van der Waals surface area (Å²) in [6.45, 7) is 4.19. The van der Waals surface area contributed by atoms with E-state index in [0.29, 0.717) is 39.5 Å². The molecule has 2 aromatic heterocycles. The quantitative estimate of drug-likeness (QED) is 0.396. The average molecular weight is 480 g/mol. The number of nitrogens with zero attached hydrogens (tertiary/aromatic N) is 2. The predicted molar refractivity (Wildman–Crippen MR) is 125 cm³/mol. The van der Waals surface area contributed by atoms with E-state index in [2.05, 4.69) is 15.5 Å².